The Morgan fingerprint density at radius 3 is 2.73 bits per heavy atom. The van der Waals surface area contributed by atoms with Gasteiger partial charge in [-0.3, -0.25) is 0 Å². The van der Waals surface area contributed by atoms with E-state index in [-0.39, 0.29) is 0 Å². The van der Waals surface area contributed by atoms with Gasteiger partial charge in [0, 0.05) is 12.7 Å². The van der Waals surface area contributed by atoms with Crippen molar-refractivity contribution in [1.82, 2.24) is 9.97 Å². The second-order valence-corrected chi connectivity index (χ2v) is 2.56. The Morgan fingerprint density at radius 2 is 2.27 bits per heavy atom. The second kappa shape index (κ2) is 2.87. The standard InChI is InChI=1S/C6H10N4S/c1-3-4(8-2)5(11)10-6(7)9-3/h8H,1-2H3,(H3,7,9,10,11). The van der Waals surface area contributed by atoms with Crippen LogP contribution in [0.2, 0.25) is 0 Å². The Hall–Kier alpha value is -1.10. The summed E-state index contributed by atoms with van der Waals surface area (Å²) in [5.74, 6) is 0.353. The van der Waals surface area contributed by atoms with E-state index in [1.165, 1.54) is 0 Å². The first-order valence-corrected chi connectivity index (χ1v) is 3.60. The molecule has 0 unspecified atom stereocenters. The molecule has 5 heteroatoms. The molecule has 60 valence electrons. The fourth-order valence-corrected chi connectivity index (χ4v) is 1.26. The highest BCUT2D eigenvalue weighted by Gasteiger charge is 1.99. The van der Waals surface area contributed by atoms with E-state index in [0.29, 0.717) is 10.6 Å². The van der Waals surface area contributed by atoms with E-state index >= 15 is 0 Å². The summed E-state index contributed by atoms with van der Waals surface area (Å²) in [5, 5.41) is 2.94. The van der Waals surface area contributed by atoms with Gasteiger partial charge in [-0.1, -0.05) is 12.2 Å². The first-order chi connectivity index (χ1) is 5.15. The van der Waals surface area contributed by atoms with Crippen LogP contribution >= 0.6 is 12.2 Å². The van der Waals surface area contributed by atoms with Crippen LogP contribution in [-0.2, 0) is 0 Å². The zero-order valence-electron chi connectivity index (χ0n) is 6.43. The number of hydrogen-bond acceptors (Lipinski definition) is 4. The molecule has 0 bridgehead atoms. The Labute approximate surface area is 69.8 Å². The van der Waals surface area contributed by atoms with Gasteiger partial charge in [0.05, 0.1) is 5.69 Å². The molecule has 4 nitrogen and oxygen atoms in total. The Bertz CT molecular complexity index is 317. The fraction of sp³-hybridized carbons (Fsp3) is 0.333. The molecule has 0 saturated heterocycles. The maximum absolute atomic E-state index is 5.42. The molecule has 0 fully saturated rings. The fourth-order valence-electron chi connectivity index (χ4n) is 0.903. The molecule has 1 rings (SSSR count). The summed E-state index contributed by atoms with van der Waals surface area (Å²) in [5.41, 5.74) is 7.16. The molecule has 0 radical (unpaired) electrons. The quantitative estimate of drug-likeness (QED) is 0.551. The van der Waals surface area contributed by atoms with Crippen LogP contribution in [0.25, 0.3) is 0 Å². The third kappa shape index (κ3) is 1.48. The topological polar surface area (TPSA) is 66.7 Å². The minimum atomic E-state index is 0.353. The molecule has 1 heterocycles. The number of rotatable bonds is 1. The van der Waals surface area contributed by atoms with Gasteiger partial charge >= 0.3 is 0 Å². The van der Waals surface area contributed by atoms with Gasteiger partial charge in [-0.05, 0) is 6.92 Å². The number of aromatic nitrogens is 2. The summed E-state index contributed by atoms with van der Waals surface area (Å²) >= 11 is 4.95. The third-order valence-electron chi connectivity index (χ3n) is 1.38. The van der Waals surface area contributed by atoms with Crippen LogP contribution in [0.5, 0.6) is 0 Å². The molecule has 0 aromatic carbocycles. The number of nitrogen functional groups attached to an aromatic ring is 1. The minimum absolute atomic E-state index is 0.353. The SMILES string of the molecule is CNc1c(C)[nH]c(N)nc1=S. The molecule has 11 heavy (non-hydrogen) atoms. The zero-order chi connectivity index (χ0) is 8.43. The van der Waals surface area contributed by atoms with E-state index < -0.39 is 0 Å². The largest absolute Gasteiger partial charge is 0.384 e. The van der Waals surface area contributed by atoms with Crippen molar-refractivity contribution in [3.63, 3.8) is 0 Å². The van der Waals surface area contributed by atoms with Gasteiger partial charge in [0.15, 0.2) is 10.6 Å². The highest BCUT2D eigenvalue weighted by molar-refractivity contribution is 7.71. The molecule has 0 saturated carbocycles. The Balaban J connectivity index is 3.37. The monoisotopic (exact) mass is 170 g/mol. The number of aromatic amines is 1. The average Bonchev–Trinajstić information content (AvgIpc) is 1.85. The molecule has 0 aliphatic carbocycles. The number of aryl methyl sites for hydroxylation is 1. The lowest BCUT2D eigenvalue weighted by Crippen LogP contribution is -2.02. The molecule has 1 aromatic rings. The number of nitrogens with zero attached hydrogens (tertiary/aromatic N) is 1. The van der Waals surface area contributed by atoms with Crippen LogP contribution in [0.1, 0.15) is 5.69 Å². The van der Waals surface area contributed by atoms with Gasteiger partial charge in [-0.25, -0.2) is 4.98 Å². The highest BCUT2D eigenvalue weighted by Crippen LogP contribution is 2.12. The average molecular weight is 170 g/mol. The third-order valence-corrected chi connectivity index (χ3v) is 1.67. The number of nitrogens with one attached hydrogen (secondary N) is 2. The van der Waals surface area contributed by atoms with E-state index in [9.17, 15) is 0 Å². The summed E-state index contributed by atoms with van der Waals surface area (Å²) in [6, 6.07) is 0. The van der Waals surface area contributed by atoms with Crippen molar-refractivity contribution in [2.45, 2.75) is 6.92 Å². The summed E-state index contributed by atoms with van der Waals surface area (Å²) in [6.45, 7) is 1.89. The summed E-state index contributed by atoms with van der Waals surface area (Å²) in [4.78, 5) is 6.75. The van der Waals surface area contributed by atoms with E-state index in [2.05, 4.69) is 15.3 Å². The number of nitrogens with two attached hydrogens (primary N) is 1. The van der Waals surface area contributed by atoms with Crippen molar-refractivity contribution in [3.05, 3.63) is 10.3 Å². The predicted molar refractivity (Wildman–Crippen MR) is 48.1 cm³/mol. The summed E-state index contributed by atoms with van der Waals surface area (Å²) in [6.07, 6.45) is 0. The normalized spacial score (nSPS) is 9.64. The molecule has 4 N–H and O–H groups in total. The predicted octanol–water partition coefficient (Wildman–Crippen LogP) is 1.07. The summed E-state index contributed by atoms with van der Waals surface area (Å²) < 4.78 is 0.501. The van der Waals surface area contributed by atoms with Crippen molar-refractivity contribution in [1.29, 1.82) is 0 Å². The first kappa shape index (κ1) is 8.00. The van der Waals surface area contributed by atoms with Crippen LogP contribution in [-0.4, -0.2) is 17.0 Å². The first-order valence-electron chi connectivity index (χ1n) is 3.19. The van der Waals surface area contributed by atoms with E-state index in [0.717, 1.165) is 11.4 Å². The van der Waals surface area contributed by atoms with Gasteiger partial charge in [0.1, 0.15) is 0 Å². The van der Waals surface area contributed by atoms with Crippen molar-refractivity contribution in [2.24, 2.45) is 0 Å². The van der Waals surface area contributed by atoms with E-state index in [1.807, 2.05) is 6.92 Å². The van der Waals surface area contributed by atoms with E-state index in [1.54, 1.807) is 7.05 Å². The number of H-pyrrole nitrogens is 1. The molecule has 0 aliphatic rings. The van der Waals surface area contributed by atoms with E-state index in [4.69, 9.17) is 18.0 Å². The lowest BCUT2D eigenvalue weighted by molar-refractivity contribution is 1.10. The van der Waals surface area contributed by atoms with Gasteiger partial charge in [-0.2, -0.15) is 0 Å². The highest BCUT2D eigenvalue weighted by atomic mass is 32.1. The molecule has 0 spiro atoms. The maximum atomic E-state index is 5.42. The number of anilines is 2. The lowest BCUT2D eigenvalue weighted by atomic mass is 10.4. The molecule has 0 atom stereocenters. The second-order valence-electron chi connectivity index (χ2n) is 2.18. The smallest absolute Gasteiger partial charge is 0.199 e. The van der Waals surface area contributed by atoms with Crippen LogP contribution in [0.15, 0.2) is 0 Å². The molecule has 1 aromatic heterocycles. The minimum Gasteiger partial charge on any atom is -0.384 e. The Kier molecular flexibility index (Phi) is 2.09. The van der Waals surface area contributed by atoms with Crippen LogP contribution in [0.4, 0.5) is 11.6 Å². The van der Waals surface area contributed by atoms with Crippen molar-refractivity contribution < 1.29 is 0 Å². The van der Waals surface area contributed by atoms with Gasteiger partial charge in [0.2, 0.25) is 0 Å². The molecular formula is C6H10N4S. The van der Waals surface area contributed by atoms with Crippen LogP contribution in [0, 0.1) is 11.6 Å². The van der Waals surface area contributed by atoms with Crippen molar-refractivity contribution in [2.75, 3.05) is 18.1 Å². The van der Waals surface area contributed by atoms with Crippen molar-refractivity contribution in [3.8, 4) is 0 Å². The van der Waals surface area contributed by atoms with Gasteiger partial charge in [-0.15, -0.1) is 0 Å². The summed E-state index contributed by atoms with van der Waals surface area (Å²) in [7, 11) is 1.80. The van der Waals surface area contributed by atoms with Gasteiger partial charge in [0.25, 0.3) is 0 Å². The zero-order valence-corrected chi connectivity index (χ0v) is 7.25. The lowest BCUT2D eigenvalue weighted by Gasteiger charge is -2.04. The number of hydrogen-bond donors (Lipinski definition) is 3. The maximum Gasteiger partial charge on any atom is 0.199 e. The Morgan fingerprint density at radius 1 is 1.64 bits per heavy atom. The van der Waals surface area contributed by atoms with Crippen molar-refractivity contribution >= 4 is 23.9 Å². The molecule has 0 aliphatic heterocycles. The van der Waals surface area contributed by atoms with Gasteiger partial charge < -0.3 is 16.0 Å². The molecular weight excluding hydrogens is 160 g/mol. The van der Waals surface area contributed by atoms with Crippen LogP contribution in [0.3, 0.4) is 0 Å². The van der Waals surface area contributed by atoms with Crippen LogP contribution < -0.4 is 11.1 Å². The molecule has 0 amide bonds.